The van der Waals surface area contributed by atoms with Crippen LogP contribution < -0.4 is 5.32 Å². The van der Waals surface area contributed by atoms with Crippen LogP contribution in [0.1, 0.15) is 40.0 Å². The van der Waals surface area contributed by atoms with Crippen molar-refractivity contribution < 1.29 is 4.74 Å². The number of hydrogen-bond acceptors (Lipinski definition) is 4. The van der Waals surface area contributed by atoms with Gasteiger partial charge in [0, 0.05) is 12.4 Å². The normalized spacial score (nSPS) is 31.4. The maximum Gasteiger partial charge on any atom is 0.157 e. The molecule has 1 saturated heterocycles. The van der Waals surface area contributed by atoms with Crippen LogP contribution in [0.3, 0.4) is 0 Å². The molecule has 3 unspecified atom stereocenters. The average molecular weight is 256 g/mol. The van der Waals surface area contributed by atoms with Crippen molar-refractivity contribution in [3.8, 4) is 0 Å². The Kier molecular flexibility index (Phi) is 4.74. The first-order valence-corrected chi connectivity index (χ1v) is 7.74. The van der Waals surface area contributed by atoms with E-state index in [4.69, 9.17) is 9.73 Å². The molecule has 2 aliphatic heterocycles. The minimum absolute atomic E-state index is 0.373. The lowest BCUT2D eigenvalue weighted by Gasteiger charge is -2.27. The second-order valence-electron chi connectivity index (χ2n) is 5.37. The van der Waals surface area contributed by atoms with Crippen molar-refractivity contribution in [3.63, 3.8) is 0 Å². The molecular formula is C13H24N2OS. The SMILES string of the molecule is CC(C)C1CCSC(NC(C)C2CCCO2)=N1. The second kappa shape index (κ2) is 6.10. The van der Waals surface area contributed by atoms with E-state index in [2.05, 4.69) is 26.1 Å². The maximum absolute atomic E-state index is 5.70. The molecule has 3 nitrogen and oxygen atoms in total. The molecule has 0 aromatic rings. The Balaban J connectivity index is 1.88. The monoisotopic (exact) mass is 256 g/mol. The number of rotatable bonds is 3. The van der Waals surface area contributed by atoms with Crippen molar-refractivity contribution in [2.24, 2.45) is 10.9 Å². The molecule has 98 valence electrons. The highest BCUT2D eigenvalue weighted by atomic mass is 32.2. The Labute approximate surface area is 109 Å². The molecule has 0 saturated carbocycles. The van der Waals surface area contributed by atoms with E-state index in [1.807, 2.05) is 11.8 Å². The van der Waals surface area contributed by atoms with Gasteiger partial charge in [0.2, 0.25) is 0 Å². The third-order valence-corrected chi connectivity index (χ3v) is 4.52. The van der Waals surface area contributed by atoms with Gasteiger partial charge in [0.25, 0.3) is 0 Å². The van der Waals surface area contributed by atoms with Gasteiger partial charge in [-0.05, 0) is 32.1 Å². The first-order chi connectivity index (χ1) is 8.16. The van der Waals surface area contributed by atoms with E-state index in [0.29, 0.717) is 24.1 Å². The second-order valence-corrected chi connectivity index (χ2v) is 6.45. The zero-order valence-corrected chi connectivity index (χ0v) is 11.9. The number of nitrogens with zero attached hydrogens (tertiary/aromatic N) is 1. The molecule has 2 aliphatic rings. The largest absolute Gasteiger partial charge is 0.376 e. The van der Waals surface area contributed by atoms with Gasteiger partial charge in [0.15, 0.2) is 5.17 Å². The zero-order valence-electron chi connectivity index (χ0n) is 11.1. The molecule has 0 bridgehead atoms. The first kappa shape index (κ1) is 13.2. The van der Waals surface area contributed by atoms with Gasteiger partial charge in [-0.3, -0.25) is 4.99 Å². The Bertz CT molecular complexity index is 275. The summed E-state index contributed by atoms with van der Waals surface area (Å²) < 4.78 is 5.70. The van der Waals surface area contributed by atoms with Gasteiger partial charge >= 0.3 is 0 Å². The molecule has 0 aromatic heterocycles. The number of amidine groups is 1. The van der Waals surface area contributed by atoms with E-state index in [1.54, 1.807) is 0 Å². The zero-order chi connectivity index (χ0) is 12.3. The fraction of sp³-hybridized carbons (Fsp3) is 0.923. The van der Waals surface area contributed by atoms with Crippen LogP contribution in [0.4, 0.5) is 0 Å². The molecular weight excluding hydrogens is 232 g/mol. The van der Waals surface area contributed by atoms with E-state index in [1.165, 1.54) is 25.0 Å². The molecule has 1 fully saturated rings. The summed E-state index contributed by atoms with van der Waals surface area (Å²) in [5.74, 6) is 1.83. The molecule has 0 aliphatic carbocycles. The smallest absolute Gasteiger partial charge is 0.157 e. The fourth-order valence-electron chi connectivity index (χ4n) is 2.37. The number of aliphatic imine (C=N–C) groups is 1. The van der Waals surface area contributed by atoms with Crippen molar-refractivity contribution >= 4 is 16.9 Å². The van der Waals surface area contributed by atoms with Crippen LogP contribution in [0.5, 0.6) is 0 Å². The number of thioether (sulfide) groups is 1. The van der Waals surface area contributed by atoms with Crippen LogP contribution >= 0.6 is 11.8 Å². The third kappa shape index (κ3) is 3.62. The number of nitrogens with one attached hydrogen (secondary N) is 1. The van der Waals surface area contributed by atoms with Crippen LogP contribution in [0, 0.1) is 5.92 Å². The molecule has 1 N–H and O–H groups in total. The van der Waals surface area contributed by atoms with E-state index in [0.717, 1.165) is 11.8 Å². The van der Waals surface area contributed by atoms with Gasteiger partial charge in [-0.15, -0.1) is 0 Å². The number of ether oxygens (including phenoxy) is 1. The first-order valence-electron chi connectivity index (χ1n) is 6.75. The summed E-state index contributed by atoms with van der Waals surface area (Å²) in [6.07, 6.45) is 3.96. The molecule has 0 spiro atoms. The van der Waals surface area contributed by atoms with E-state index in [-0.39, 0.29) is 0 Å². The van der Waals surface area contributed by atoms with Gasteiger partial charge in [0.1, 0.15) is 0 Å². The summed E-state index contributed by atoms with van der Waals surface area (Å²) in [7, 11) is 0. The standard InChI is InChI=1S/C13H24N2OS/c1-9(2)11-6-8-17-13(15-11)14-10(3)12-5-4-7-16-12/h9-12H,4-8H2,1-3H3,(H,14,15). The molecule has 4 heteroatoms. The highest BCUT2D eigenvalue weighted by Crippen LogP contribution is 2.23. The molecule has 3 atom stereocenters. The summed E-state index contributed by atoms with van der Waals surface area (Å²) >= 11 is 1.85. The maximum atomic E-state index is 5.70. The van der Waals surface area contributed by atoms with Gasteiger partial charge in [0.05, 0.1) is 18.2 Å². The lowest BCUT2D eigenvalue weighted by molar-refractivity contribution is 0.0895. The van der Waals surface area contributed by atoms with Crippen LogP contribution in [0.25, 0.3) is 0 Å². The van der Waals surface area contributed by atoms with Crippen molar-refractivity contribution in [3.05, 3.63) is 0 Å². The van der Waals surface area contributed by atoms with Gasteiger partial charge in [-0.25, -0.2) is 0 Å². The summed E-state index contributed by atoms with van der Waals surface area (Å²) in [6, 6.07) is 0.880. The molecule has 2 heterocycles. The van der Waals surface area contributed by atoms with Gasteiger partial charge < -0.3 is 10.1 Å². The Morgan fingerprint density at radius 1 is 1.35 bits per heavy atom. The Hall–Kier alpha value is -0.220. The highest BCUT2D eigenvalue weighted by Gasteiger charge is 2.25. The lowest BCUT2D eigenvalue weighted by atomic mass is 10.0. The highest BCUT2D eigenvalue weighted by molar-refractivity contribution is 8.13. The predicted octanol–water partition coefficient (Wildman–Crippen LogP) is 2.66. The minimum atomic E-state index is 0.373. The quantitative estimate of drug-likeness (QED) is 0.843. The van der Waals surface area contributed by atoms with Crippen LogP contribution in [-0.2, 0) is 4.74 Å². The van der Waals surface area contributed by atoms with Crippen molar-refractivity contribution in [1.82, 2.24) is 5.32 Å². The van der Waals surface area contributed by atoms with Crippen molar-refractivity contribution in [1.29, 1.82) is 0 Å². The fourth-order valence-corrected chi connectivity index (χ4v) is 3.41. The Morgan fingerprint density at radius 3 is 2.82 bits per heavy atom. The summed E-state index contributed by atoms with van der Waals surface area (Å²) in [6.45, 7) is 7.64. The predicted molar refractivity (Wildman–Crippen MR) is 74.7 cm³/mol. The molecule has 0 aromatic carbocycles. The van der Waals surface area contributed by atoms with Crippen LogP contribution in [0.2, 0.25) is 0 Å². The summed E-state index contributed by atoms with van der Waals surface area (Å²) in [5, 5.41) is 4.66. The van der Waals surface area contributed by atoms with E-state index >= 15 is 0 Å². The van der Waals surface area contributed by atoms with E-state index in [9.17, 15) is 0 Å². The van der Waals surface area contributed by atoms with Crippen molar-refractivity contribution in [2.45, 2.75) is 58.2 Å². The summed E-state index contributed by atoms with van der Waals surface area (Å²) in [5.41, 5.74) is 0. The minimum Gasteiger partial charge on any atom is -0.376 e. The molecule has 0 radical (unpaired) electrons. The number of hydrogen-bond donors (Lipinski definition) is 1. The third-order valence-electron chi connectivity index (χ3n) is 3.58. The Morgan fingerprint density at radius 2 is 2.18 bits per heavy atom. The van der Waals surface area contributed by atoms with Gasteiger partial charge in [-0.1, -0.05) is 25.6 Å². The lowest BCUT2D eigenvalue weighted by Crippen LogP contribution is -2.41. The van der Waals surface area contributed by atoms with Crippen LogP contribution in [0.15, 0.2) is 4.99 Å². The summed E-state index contributed by atoms with van der Waals surface area (Å²) in [4.78, 5) is 4.81. The van der Waals surface area contributed by atoms with E-state index < -0.39 is 0 Å². The molecule has 0 amide bonds. The molecule has 17 heavy (non-hydrogen) atoms. The topological polar surface area (TPSA) is 33.6 Å². The average Bonchev–Trinajstić information content (AvgIpc) is 2.82. The van der Waals surface area contributed by atoms with Crippen LogP contribution in [-0.4, -0.2) is 35.7 Å². The molecule has 2 rings (SSSR count). The van der Waals surface area contributed by atoms with Crippen molar-refractivity contribution in [2.75, 3.05) is 12.4 Å². The van der Waals surface area contributed by atoms with Gasteiger partial charge in [-0.2, -0.15) is 0 Å².